The van der Waals surface area contributed by atoms with Crippen LogP contribution < -0.4 is 0 Å². The number of amides is 1. The fourth-order valence-corrected chi connectivity index (χ4v) is 2.91. The Kier molecular flexibility index (Phi) is 5.71. The molecular formula is C21H25NO3. The van der Waals surface area contributed by atoms with Gasteiger partial charge in [0.05, 0.1) is 6.61 Å². The molecular weight excluding hydrogens is 314 g/mol. The maximum absolute atomic E-state index is 12.6. The molecule has 1 aromatic heterocycles. The van der Waals surface area contributed by atoms with Crippen molar-refractivity contribution in [1.29, 1.82) is 0 Å². The van der Waals surface area contributed by atoms with Crippen molar-refractivity contribution < 1.29 is 13.9 Å². The number of hydrogen-bond donors (Lipinski definition) is 0. The molecule has 0 saturated heterocycles. The van der Waals surface area contributed by atoms with Gasteiger partial charge >= 0.3 is 0 Å². The van der Waals surface area contributed by atoms with Crippen molar-refractivity contribution in [3.8, 4) is 0 Å². The lowest BCUT2D eigenvalue weighted by Crippen LogP contribution is -2.32. The first-order valence-corrected chi connectivity index (χ1v) is 8.77. The minimum Gasteiger partial charge on any atom is -0.461 e. The lowest BCUT2D eigenvalue weighted by atomic mass is 10.2. The fraction of sp³-hybridized carbons (Fsp3) is 0.381. The van der Waals surface area contributed by atoms with Crippen molar-refractivity contribution in [2.75, 3.05) is 20.3 Å². The minimum atomic E-state index is -0.0429. The molecule has 1 aromatic carbocycles. The van der Waals surface area contributed by atoms with E-state index in [0.717, 1.165) is 17.1 Å². The molecule has 2 aromatic rings. The van der Waals surface area contributed by atoms with Crippen molar-refractivity contribution in [2.24, 2.45) is 5.92 Å². The first-order valence-electron chi connectivity index (χ1n) is 8.77. The highest BCUT2D eigenvalue weighted by atomic mass is 16.5. The maximum Gasteiger partial charge on any atom is 0.247 e. The summed E-state index contributed by atoms with van der Waals surface area (Å²) in [6.45, 7) is 3.86. The average molecular weight is 339 g/mol. The number of hydrogen-bond acceptors (Lipinski definition) is 3. The predicted molar refractivity (Wildman–Crippen MR) is 98.0 cm³/mol. The van der Waals surface area contributed by atoms with Gasteiger partial charge in [-0.05, 0) is 36.1 Å². The predicted octanol–water partition coefficient (Wildman–Crippen LogP) is 4.09. The molecule has 132 valence electrons. The molecule has 0 N–H and O–H groups in total. The quantitative estimate of drug-likeness (QED) is 0.680. The first kappa shape index (κ1) is 17.5. The molecule has 0 spiro atoms. The van der Waals surface area contributed by atoms with Gasteiger partial charge in [0, 0.05) is 32.2 Å². The number of furan rings is 1. The lowest BCUT2D eigenvalue weighted by molar-refractivity contribution is -0.127. The number of ether oxygens (including phenoxy) is 1. The van der Waals surface area contributed by atoms with Crippen LogP contribution in [-0.4, -0.2) is 31.1 Å². The van der Waals surface area contributed by atoms with E-state index in [1.54, 1.807) is 24.2 Å². The van der Waals surface area contributed by atoms with Crippen LogP contribution in [0.2, 0.25) is 0 Å². The summed E-state index contributed by atoms with van der Waals surface area (Å²) >= 11 is 0. The Hall–Kier alpha value is -2.33. The zero-order valence-corrected chi connectivity index (χ0v) is 14.9. The van der Waals surface area contributed by atoms with E-state index in [4.69, 9.17) is 9.15 Å². The number of benzene rings is 1. The Bertz CT molecular complexity index is 720. The highest BCUT2D eigenvalue weighted by Crippen LogP contribution is 2.47. The van der Waals surface area contributed by atoms with Crippen LogP contribution in [0.5, 0.6) is 0 Å². The van der Waals surface area contributed by atoms with Gasteiger partial charge in [0.1, 0.15) is 11.5 Å². The molecule has 0 aliphatic heterocycles. The zero-order chi connectivity index (χ0) is 17.6. The Balaban J connectivity index is 1.63. The third kappa shape index (κ3) is 4.83. The van der Waals surface area contributed by atoms with E-state index in [1.807, 2.05) is 42.5 Å². The molecule has 1 aliphatic carbocycles. The van der Waals surface area contributed by atoms with Gasteiger partial charge in [-0.1, -0.05) is 37.3 Å². The van der Waals surface area contributed by atoms with Crippen LogP contribution in [0.1, 0.15) is 36.3 Å². The standard InChI is InChI=1S/C21H25NO3/c1-16-14-19(16)20-10-8-18(25-20)9-11-21(23)22(12-13-24-2)15-17-6-4-3-5-7-17/h3-11,16,19H,12-15H2,1-2H3/b11-9+. The molecule has 2 unspecified atom stereocenters. The van der Waals surface area contributed by atoms with E-state index in [2.05, 4.69) is 6.92 Å². The second-order valence-electron chi connectivity index (χ2n) is 6.63. The molecule has 1 heterocycles. The summed E-state index contributed by atoms with van der Waals surface area (Å²) in [5.74, 6) is 2.97. The van der Waals surface area contributed by atoms with Crippen molar-refractivity contribution in [2.45, 2.75) is 25.8 Å². The van der Waals surface area contributed by atoms with Gasteiger partial charge in [0.15, 0.2) is 0 Å². The van der Waals surface area contributed by atoms with Crippen molar-refractivity contribution in [1.82, 2.24) is 4.90 Å². The average Bonchev–Trinajstić information content (AvgIpc) is 3.18. The number of rotatable bonds is 8. The Morgan fingerprint density at radius 2 is 2.04 bits per heavy atom. The number of carbonyl (C=O) groups is 1. The normalized spacial score (nSPS) is 19.3. The second kappa shape index (κ2) is 8.17. The van der Waals surface area contributed by atoms with Gasteiger partial charge in [-0.3, -0.25) is 4.79 Å². The molecule has 1 fully saturated rings. The topological polar surface area (TPSA) is 42.7 Å². The molecule has 1 amide bonds. The van der Waals surface area contributed by atoms with Gasteiger partial charge in [-0.25, -0.2) is 0 Å². The van der Waals surface area contributed by atoms with Crippen molar-refractivity contribution in [3.05, 3.63) is 65.6 Å². The van der Waals surface area contributed by atoms with Crippen LogP contribution >= 0.6 is 0 Å². The lowest BCUT2D eigenvalue weighted by Gasteiger charge is -2.21. The van der Waals surface area contributed by atoms with Gasteiger partial charge in [0.2, 0.25) is 5.91 Å². The fourth-order valence-electron chi connectivity index (χ4n) is 2.91. The molecule has 1 saturated carbocycles. The largest absolute Gasteiger partial charge is 0.461 e. The van der Waals surface area contributed by atoms with Crippen LogP contribution in [0.25, 0.3) is 6.08 Å². The number of methoxy groups -OCH3 is 1. The molecule has 4 heteroatoms. The summed E-state index contributed by atoms with van der Waals surface area (Å²) in [4.78, 5) is 14.4. The van der Waals surface area contributed by atoms with E-state index in [-0.39, 0.29) is 5.91 Å². The summed E-state index contributed by atoms with van der Waals surface area (Å²) in [6.07, 6.45) is 4.53. The second-order valence-corrected chi connectivity index (χ2v) is 6.63. The zero-order valence-electron chi connectivity index (χ0n) is 14.9. The van der Waals surface area contributed by atoms with E-state index >= 15 is 0 Å². The molecule has 0 radical (unpaired) electrons. The van der Waals surface area contributed by atoms with E-state index in [9.17, 15) is 4.79 Å². The molecule has 2 atom stereocenters. The SMILES string of the molecule is COCCN(Cc1ccccc1)C(=O)/C=C/c1ccc(C2CC2C)o1. The van der Waals surface area contributed by atoms with Gasteiger partial charge < -0.3 is 14.1 Å². The van der Waals surface area contributed by atoms with Gasteiger partial charge in [-0.15, -0.1) is 0 Å². The molecule has 25 heavy (non-hydrogen) atoms. The number of carbonyl (C=O) groups excluding carboxylic acids is 1. The Morgan fingerprint density at radius 3 is 2.72 bits per heavy atom. The van der Waals surface area contributed by atoms with Crippen molar-refractivity contribution >= 4 is 12.0 Å². The summed E-state index contributed by atoms with van der Waals surface area (Å²) in [6, 6.07) is 13.9. The Labute approximate surface area is 149 Å². The van der Waals surface area contributed by atoms with Crippen LogP contribution in [0, 0.1) is 5.92 Å². The van der Waals surface area contributed by atoms with Gasteiger partial charge in [-0.2, -0.15) is 0 Å². The summed E-state index contributed by atoms with van der Waals surface area (Å²) in [5.41, 5.74) is 1.10. The van der Waals surface area contributed by atoms with Crippen LogP contribution in [-0.2, 0) is 16.1 Å². The van der Waals surface area contributed by atoms with Gasteiger partial charge in [0.25, 0.3) is 0 Å². The number of nitrogens with zero attached hydrogens (tertiary/aromatic N) is 1. The molecule has 3 rings (SSSR count). The summed E-state index contributed by atoms with van der Waals surface area (Å²) in [7, 11) is 1.64. The highest BCUT2D eigenvalue weighted by molar-refractivity contribution is 5.91. The van der Waals surface area contributed by atoms with Crippen molar-refractivity contribution in [3.63, 3.8) is 0 Å². The Morgan fingerprint density at radius 1 is 1.28 bits per heavy atom. The molecule has 4 nitrogen and oxygen atoms in total. The summed E-state index contributed by atoms with van der Waals surface area (Å²) < 4.78 is 11.0. The first-order chi connectivity index (χ1) is 12.2. The van der Waals surface area contributed by atoms with Crippen LogP contribution in [0.4, 0.5) is 0 Å². The van der Waals surface area contributed by atoms with E-state index in [0.29, 0.717) is 31.5 Å². The van der Waals surface area contributed by atoms with Crippen LogP contribution in [0.3, 0.4) is 0 Å². The minimum absolute atomic E-state index is 0.0429. The molecule has 1 aliphatic rings. The third-order valence-electron chi connectivity index (χ3n) is 4.61. The monoisotopic (exact) mass is 339 g/mol. The third-order valence-corrected chi connectivity index (χ3v) is 4.61. The van der Waals surface area contributed by atoms with E-state index in [1.165, 1.54) is 6.42 Å². The van der Waals surface area contributed by atoms with Crippen LogP contribution in [0.15, 0.2) is 53.0 Å². The van der Waals surface area contributed by atoms with E-state index < -0.39 is 0 Å². The smallest absolute Gasteiger partial charge is 0.247 e. The highest BCUT2D eigenvalue weighted by Gasteiger charge is 2.36. The molecule has 0 bridgehead atoms. The maximum atomic E-state index is 12.6. The summed E-state index contributed by atoms with van der Waals surface area (Å²) in [5, 5.41) is 0.